The van der Waals surface area contributed by atoms with Gasteiger partial charge in [0.1, 0.15) is 16.9 Å². The van der Waals surface area contributed by atoms with Crippen molar-refractivity contribution in [2.45, 2.75) is 58.7 Å². The number of ether oxygens (including phenoxy) is 3. The first kappa shape index (κ1) is 26.2. The van der Waals surface area contributed by atoms with Crippen LogP contribution in [-0.2, 0) is 16.0 Å². The molecule has 1 aromatic carbocycles. The van der Waals surface area contributed by atoms with Crippen LogP contribution in [0.15, 0.2) is 12.1 Å². The number of amides is 1. The van der Waals surface area contributed by atoms with Crippen molar-refractivity contribution in [3.63, 3.8) is 0 Å². The van der Waals surface area contributed by atoms with Crippen molar-refractivity contribution in [2.24, 2.45) is 0 Å². The maximum atomic E-state index is 12.8. The minimum Gasteiger partial charge on any atom is -0.462 e. The third kappa shape index (κ3) is 8.08. The van der Waals surface area contributed by atoms with E-state index >= 15 is 0 Å². The lowest BCUT2D eigenvalue weighted by Gasteiger charge is -2.22. The molecule has 0 spiro atoms. The van der Waals surface area contributed by atoms with Crippen LogP contribution < -0.4 is 10.1 Å². The maximum absolute atomic E-state index is 12.8. The van der Waals surface area contributed by atoms with Crippen LogP contribution in [0.25, 0.3) is 0 Å². The number of alkyl halides is 3. The molecule has 1 aromatic rings. The van der Waals surface area contributed by atoms with Crippen LogP contribution in [0.3, 0.4) is 0 Å². The van der Waals surface area contributed by atoms with Gasteiger partial charge < -0.3 is 19.5 Å². The van der Waals surface area contributed by atoms with Gasteiger partial charge in [0.2, 0.25) is 0 Å². The van der Waals surface area contributed by atoms with Crippen molar-refractivity contribution in [3.05, 3.63) is 33.4 Å². The quantitative estimate of drug-likeness (QED) is 0.358. The molecule has 1 aliphatic heterocycles. The normalized spacial score (nSPS) is 16.9. The van der Waals surface area contributed by atoms with E-state index in [-0.39, 0.29) is 31.3 Å². The molecule has 1 aliphatic rings. The highest BCUT2D eigenvalue weighted by atomic mass is 19.4. The number of nitrogens with one attached hydrogen (secondary N) is 1. The highest BCUT2D eigenvalue weighted by Gasteiger charge is 2.35. The first-order valence-electron chi connectivity index (χ1n) is 10.1. The lowest BCUT2D eigenvalue weighted by molar-refractivity contribution is -0.386. The Hall–Kier alpha value is -3.09. The number of nitro groups is 1. The maximum Gasteiger partial charge on any atom is 0.573 e. The summed E-state index contributed by atoms with van der Waals surface area (Å²) in [5.41, 5.74) is -2.14. The summed E-state index contributed by atoms with van der Waals surface area (Å²) in [4.78, 5) is 36.8. The number of benzene rings is 1. The van der Waals surface area contributed by atoms with E-state index in [0.29, 0.717) is 19.0 Å². The minimum atomic E-state index is -5.06. The van der Waals surface area contributed by atoms with Crippen LogP contribution in [0, 0.1) is 10.1 Å². The lowest BCUT2D eigenvalue weighted by atomic mass is 10.1. The summed E-state index contributed by atoms with van der Waals surface area (Å²) in [6.07, 6.45) is -5.18. The van der Waals surface area contributed by atoms with Gasteiger partial charge in [-0.2, -0.15) is 0 Å². The van der Waals surface area contributed by atoms with Gasteiger partial charge in [0.25, 0.3) is 5.69 Å². The van der Waals surface area contributed by atoms with E-state index in [1.807, 2.05) is 0 Å². The van der Waals surface area contributed by atoms with Crippen LogP contribution in [0.5, 0.6) is 5.75 Å². The second-order valence-corrected chi connectivity index (χ2v) is 8.37. The summed E-state index contributed by atoms with van der Waals surface area (Å²) >= 11 is 0. The summed E-state index contributed by atoms with van der Waals surface area (Å²) in [5, 5.41) is 14.4. The third-order valence-corrected chi connectivity index (χ3v) is 4.46. The van der Waals surface area contributed by atoms with Gasteiger partial charge in [0.05, 0.1) is 11.5 Å². The second-order valence-electron chi connectivity index (χ2n) is 8.37. The zero-order valence-corrected chi connectivity index (χ0v) is 18.7. The average Bonchev–Trinajstić information content (AvgIpc) is 3.04. The second kappa shape index (κ2) is 10.2. The number of rotatable bonds is 7. The van der Waals surface area contributed by atoms with Crippen molar-refractivity contribution < 1.29 is 41.9 Å². The Morgan fingerprint density at radius 3 is 2.48 bits per heavy atom. The van der Waals surface area contributed by atoms with Crippen molar-refractivity contribution >= 4 is 17.7 Å². The zero-order valence-electron chi connectivity index (χ0n) is 18.7. The van der Waals surface area contributed by atoms with E-state index in [2.05, 4.69) is 10.1 Å². The van der Waals surface area contributed by atoms with Crippen LogP contribution in [-0.4, -0.2) is 59.6 Å². The molecule has 0 saturated carbocycles. The molecule has 10 nitrogen and oxygen atoms in total. The Kier molecular flexibility index (Phi) is 8.11. The van der Waals surface area contributed by atoms with Gasteiger partial charge in [0, 0.05) is 37.3 Å². The Balaban J connectivity index is 2.28. The molecule has 1 fully saturated rings. The third-order valence-electron chi connectivity index (χ3n) is 4.46. The molecule has 0 radical (unpaired) electrons. The Morgan fingerprint density at radius 1 is 1.27 bits per heavy atom. The molecular weight excluding hydrogens is 451 g/mol. The lowest BCUT2D eigenvalue weighted by Crippen LogP contribution is -2.40. The molecule has 0 unspecified atom stereocenters. The van der Waals surface area contributed by atoms with Gasteiger partial charge >= 0.3 is 18.4 Å². The molecule has 1 atom stereocenters. The molecule has 13 heteroatoms. The van der Waals surface area contributed by atoms with E-state index in [1.165, 1.54) is 6.92 Å². The summed E-state index contributed by atoms with van der Waals surface area (Å²) in [6.45, 7) is 7.00. The minimum absolute atomic E-state index is 0.125. The molecule has 184 valence electrons. The van der Waals surface area contributed by atoms with Crippen molar-refractivity contribution in [3.8, 4) is 5.75 Å². The van der Waals surface area contributed by atoms with E-state index < -0.39 is 45.9 Å². The van der Waals surface area contributed by atoms with E-state index in [1.54, 1.807) is 25.7 Å². The molecule has 1 N–H and O–H groups in total. The van der Waals surface area contributed by atoms with Crippen molar-refractivity contribution in [1.82, 2.24) is 10.2 Å². The number of alkyl carbamates (subject to hydrolysis) is 1. The van der Waals surface area contributed by atoms with E-state index in [0.717, 1.165) is 6.07 Å². The fourth-order valence-electron chi connectivity index (χ4n) is 3.37. The summed E-state index contributed by atoms with van der Waals surface area (Å²) in [6, 6.07) is 1.20. The fourth-order valence-corrected chi connectivity index (χ4v) is 3.37. The number of halogens is 3. The van der Waals surface area contributed by atoms with Crippen LogP contribution in [0.2, 0.25) is 0 Å². The highest BCUT2D eigenvalue weighted by Crippen LogP contribution is 2.34. The Labute approximate surface area is 188 Å². The largest absolute Gasteiger partial charge is 0.573 e. The number of hydrogen-bond acceptors (Lipinski definition) is 8. The highest BCUT2D eigenvalue weighted by molar-refractivity contribution is 5.95. The van der Waals surface area contributed by atoms with Gasteiger partial charge in [-0.1, -0.05) is 0 Å². The first-order valence-corrected chi connectivity index (χ1v) is 10.1. The van der Waals surface area contributed by atoms with Crippen molar-refractivity contribution in [1.29, 1.82) is 0 Å². The van der Waals surface area contributed by atoms with E-state index in [9.17, 15) is 32.9 Å². The van der Waals surface area contributed by atoms with Gasteiger partial charge in [-0.05, 0) is 40.2 Å². The molecule has 33 heavy (non-hydrogen) atoms. The van der Waals surface area contributed by atoms with Gasteiger partial charge in [0.15, 0.2) is 0 Å². The van der Waals surface area contributed by atoms with Crippen LogP contribution in [0.4, 0.5) is 23.7 Å². The zero-order chi connectivity index (χ0) is 25.0. The van der Waals surface area contributed by atoms with E-state index in [4.69, 9.17) is 9.47 Å². The van der Waals surface area contributed by atoms with Gasteiger partial charge in [-0.15, -0.1) is 13.2 Å². The van der Waals surface area contributed by atoms with Gasteiger partial charge in [-0.3, -0.25) is 15.0 Å². The number of esters is 1. The van der Waals surface area contributed by atoms with Gasteiger partial charge in [-0.25, -0.2) is 9.59 Å². The number of hydrogen-bond donors (Lipinski definition) is 1. The first-order chi connectivity index (χ1) is 15.2. The number of carbonyl (C=O) groups excluding carboxylic acids is 2. The summed E-state index contributed by atoms with van der Waals surface area (Å²) in [7, 11) is 0. The molecular formula is C20H26F3N3O7. The predicted octanol–water partition coefficient (Wildman–Crippen LogP) is 3.77. The molecule has 1 amide bonds. The number of carbonyl (C=O) groups is 2. The average molecular weight is 477 g/mol. The summed E-state index contributed by atoms with van der Waals surface area (Å²) < 4.78 is 52.2. The standard InChI is InChI=1S/C20H26F3N3O7/c1-5-31-17(27)15-9-14(32-20(21,22)23)8-12(16(15)26(29)30)10-25-7-6-13(11-25)24-18(28)33-19(2,3)4/h8-9,13H,5-7,10-11H2,1-4H3,(H,24,28)/t13-/m1/s1. The predicted molar refractivity (Wildman–Crippen MR) is 109 cm³/mol. The number of likely N-dealkylation sites (tertiary alicyclic amines) is 1. The monoisotopic (exact) mass is 477 g/mol. The molecule has 1 saturated heterocycles. The molecule has 2 rings (SSSR count). The molecule has 0 aliphatic carbocycles. The number of nitro benzene ring substituents is 1. The topological polar surface area (TPSA) is 120 Å². The Bertz CT molecular complexity index is 900. The molecule has 1 heterocycles. The number of nitrogens with zero attached hydrogens (tertiary/aromatic N) is 2. The molecule has 0 aromatic heterocycles. The summed E-state index contributed by atoms with van der Waals surface area (Å²) in [5.74, 6) is -1.90. The van der Waals surface area contributed by atoms with Crippen LogP contribution in [0.1, 0.15) is 50.0 Å². The van der Waals surface area contributed by atoms with Crippen LogP contribution >= 0.6 is 0 Å². The Morgan fingerprint density at radius 2 is 1.94 bits per heavy atom. The fraction of sp³-hybridized carbons (Fsp3) is 0.600. The van der Waals surface area contributed by atoms with Crippen molar-refractivity contribution in [2.75, 3.05) is 19.7 Å². The smallest absolute Gasteiger partial charge is 0.462 e. The SMILES string of the molecule is CCOC(=O)c1cc(OC(F)(F)F)cc(CN2CC[C@@H](NC(=O)OC(C)(C)C)C2)c1[N+](=O)[O-]. The molecule has 0 bridgehead atoms.